The van der Waals surface area contributed by atoms with Gasteiger partial charge >= 0.3 is 0 Å². The fourth-order valence-electron chi connectivity index (χ4n) is 3.84. The maximum Gasteiger partial charge on any atom is 0.141 e. The highest BCUT2D eigenvalue weighted by molar-refractivity contribution is 5.99. The molecule has 0 atom stereocenters. The van der Waals surface area contributed by atoms with Crippen LogP contribution in [0.4, 0.5) is 5.82 Å². The molecular weight excluding hydrogens is 350 g/mol. The Labute approximate surface area is 166 Å². The summed E-state index contributed by atoms with van der Waals surface area (Å²) in [5.41, 5.74) is 2.05. The molecule has 1 aromatic heterocycles. The lowest BCUT2D eigenvalue weighted by Gasteiger charge is -2.35. The predicted molar refractivity (Wildman–Crippen MR) is 115 cm³/mol. The summed E-state index contributed by atoms with van der Waals surface area (Å²) in [6.07, 6.45) is 0. The third kappa shape index (κ3) is 3.50. The molecule has 3 aromatic rings. The van der Waals surface area contributed by atoms with E-state index in [9.17, 15) is 0 Å². The average Bonchev–Trinajstić information content (AvgIpc) is 2.78. The van der Waals surface area contributed by atoms with Crippen molar-refractivity contribution in [1.82, 2.24) is 9.88 Å². The first kappa shape index (κ1) is 18.6. The number of piperazine rings is 1. The molecule has 1 fully saturated rings. The van der Waals surface area contributed by atoms with Gasteiger partial charge in [0.1, 0.15) is 17.3 Å². The summed E-state index contributed by atoms with van der Waals surface area (Å²) in [5.74, 6) is 2.73. The van der Waals surface area contributed by atoms with Gasteiger partial charge in [-0.05, 0) is 48.3 Å². The van der Waals surface area contributed by atoms with Crippen LogP contribution >= 0.6 is 0 Å². The molecule has 0 aliphatic carbocycles. The van der Waals surface area contributed by atoms with E-state index in [0.717, 1.165) is 72.1 Å². The molecule has 0 N–H and O–H groups in total. The second kappa shape index (κ2) is 8.07. The van der Waals surface area contributed by atoms with Crippen molar-refractivity contribution in [1.29, 1.82) is 0 Å². The van der Waals surface area contributed by atoms with Gasteiger partial charge in [0.05, 0.1) is 25.3 Å². The number of benzene rings is 2. The van der Waals surface area contributed by atoms with Crippen molar-refractivity contribution < 1.29 is 9.47 Å². The van der Waals surface area contributed by atoms with Crippen LogP contribution in [0.5, 0.6) is 11.5 Å². The largest absolute Gasteiger partial charge is 0.497 e. The third-order valence-corrected chi connectivity index (χ3v) is 5.53. The SMILES string of the molecule is CCN1CCN(c2nc(-c3ccc(OC)cc3)cc3cccc(OC)c23)CC1. The van der Waals surface area contributed by atoms with Crippen LogP contribution in [-0.4, -0.2) is 56.8 Å². The Morgan fingerprint density at radius 2 is 1.68 bits per heavy atom. The molecule has 0 amide bonds. The molecule has 0 spiro atoms. The number of hydrogen-bond donors (Lipinski definition) is 0. The number of likely N-dealkylation sites (N-methyl/N-ethyl adjacent to an activating group) is 1. The quantitative estimate of drug-likeness (QED) is 0.670. The lowest BCUT2D eigenvalue weighted by molar-refractivity contribution is 0.270. The van der Waals surface area contributed by atoms with Crippen molar-refractivity contribution in [2.45, 2.75) is 6.92 Å². The molecule has 5 nitrogen and oxygen atoms in total. The molecular formula is C23H27N3O2. The second-order valence-corrected chi connectivity index (χ2v) is 7.04. The summed E-state index contributed by atoms with van der Waals surface area (Å²) in [5, 5.41) is 2.24. The number of pyridine rings is 1. The van der Waals surface area contributed by atoms with Gasteiger partial charge in [0, 0.05) is 31.7 Å². The Hall–Kier alpha value is -2.79. The maximum atomic E-state index is 5.68. The smallest absolute Gasteiger partial charge is 0.141 e. The Bertz CT molecular complexity index is 948. The van der Waals surface area contributed by atoms with Crippen molar-refractivity contribution in [3.63, 3.8) is 0 Å². The Balaban J connectivity index is 1.82. The summed E-state index contributed by atoms with van der Waals surface area (Å²) in [6, 6.07) is 16.4. The summed E-state index contributed by atoms with van der Waals surface area (Å²) in [6.45, 7) is 7.37. The molecule has 2 heterocycles. The van der Waals surface area contributed by atoms with Crippen LogP contribution in [0.1, 0.15) is 6.92 Å². The molecule has 0 unspecified atom stereocenters. The van der Waals surface area contributed by atoms with Gasteiger partial charge in [-0.15, -0.1) is 0 Å². The zero-order valence-corrected chi connectivity index (χ0v) is 16.8. The van der Waals surface area contributed by atoms with Crippen LogP contribution < -0.4 is 14.4 Å². The van der Waals surface area contributed by atoms with E-state index < -0.39 is 0 Å². The molecule has 0 bridgehead atoms. The van der Waals surface area contributed by atoms with Crippen molar-refractivity contribution in [3.8, 4) is 22.8 Å². The van der Waals surface area contributed by atoms with E-state index in [1.165, 1.54) is 0 Å². The van der Waals surface area contributed by atoms with Crippen molar-refractivity contribution in [2.24, 2.45) is 0 Å². The number of methoxy groups -OCH3 is 2. The van der Waals surface area contributed by atoms with Crippen LogP contribution in [0.3, 0.4) is 0 Å². The van der Waals surface area contributed by atoms with Crippen LogP contribution in [0.15, 0.2) is 48.5 Å². The van der Waals surface area contributed by atoms with E-state index in [4.69, 9.17) is 14.5 Å². The van der Waals surface area contributed by atoms with E-state index in [1.807, 2.05) is 24.3 Å². The molecule has 0 radical (unpaired) electrons. The van der Waals surface area contributed by atoms with Crippen LogP contribution in [-0.2, 0) is 0 Å². The fraction of sp³-hybridized carbons (Fsp3) is 0.348. The predicted octanol–water partition coefficient (Wildman–Crippen LogP) is 4.06. The minimum atomic E-state index is 0.849. The van der Waals surface area contributed by atoms with E-state index in [0.29, 0.717) is 0 Å². The molecule has 1 aliphatic rings. The Morgan fingerprint density at radius 3 is 2.32 bits per heavy atom. The Morgan fingerprint density at radius 1 is 0.929 bits per heavy atom. The van der Waals surface area contributed by atoms with E-state index >= 15 is 0 Å². The van der Waals surface area contributed by atoms with Gasteiger partial charge in [0.15, 0.2) is 0 Å². The van der Waals surface area contributed by atoms with Gasteiger partial charge in [-0.1, -0.05) is 19.1 Å². The number of aromatic nitrogens is 1. The minimum Gasteiger partial charge on any atom is -0.497 e. The van der Waals surface area contributed by atoms with Gasteiger partial charge in [-0.3, -0.25) is 0 Å². The molecule has 0 saturated carbocycles. The summed E-state index contributed by atoms with van der Waals surface area (Å²) in [4.78, 5) is 9.96. The minimum absolute atomic E-state index is 0.849. The monoisotopic (exact) mass is 377 g/mol. The third-order valence-electron chi connectivity index (χ3n) is 5.53. The van der Waals surface area contributed by atoms with Gasteiger partial charge in [0.2, 0.25) is 0 Å². The normalized spacial score (nSPS) is 15.0. The average molecular weight is 377 g/mol. The zero-order chi connectivity index (χ0) is 19.5. The van der Waals surface area contributed by atoms with Crippen LogP contribution in [0.2, 0.25) is 0 Å². The molecule has 4 rings (SSSR count). The number of nitrogens with zero attached hydrogens (tertiary/aromatic N) is 3. The van der Waals surface area contributed by atoms with Crippen molar-refractivity contribution in [3.05, 3.63) is 48.5 Å². The van der Waals surface area contributed by atoms with Crippen LogP contribution in [0, 0.1) is 0 Å². The Kier molecular flexibility index (Phi) is 5.35. The highest BCUT2D eigenvalue weighted by Crippen LogP contribution is 2.36. The highest BCUT2D eigenvalue weighted by atomic mass is 16.5. The highest BCUT2D eigenvalue weighted by Gasteiger charge is 2.21. The van der Waals surface area contributed by atoms with Crippen molar-refractivity contribution in [2.75, 3.05) is 51.8 Å². The van der Waals surface area contributed by atoms with Gasteiger partial charge < -0.3 is 19.3 Å². The first-order valence-electron chi connectivity index (χ1n) is 9.83. The van der Waals surface area contributed by atoms with E-state index in [-0.39, 0.29) is 0 Å². The number of fused-ring (bicyclic) bond motifs is 1. The first-order chi connectivity index (χ1) is 13.7. The van der Waals surface area contributed by atoms with Gasteiger partial charge in [0.25, 0.3) is 0 Å². The lowest BCUT2D eigenvalue weighted by Crippen LogP contribution is -2.46. The number of hydrogen-bond acceptors (Lipinski definition) is 5. The summed E-state index contributed by atoms with van der Waals surface area (Å²) >= 11 is 0. The van der Waals surface area contributed by atoms with Gasteiger partial charge in [-0.2, -0.15) is 0 Å². The van der Waals surface area contributed by atoms with Crippen LogP contribution in [0.25, 0.3) is 22.0 Å². The molecule has 5 heteroatoms. The molecule has 146 valence electrons. The van der Waals surface area contributed by atoms with E-state index in [1.54, 1.807) is 14.2 Å². The van der Waals surface area contributed by atoms with Crippen molar-refractivity contribution >= 4 is 16.6 Å². The fourth-order valence-corrected chi connectivity index (χ4v) is 3.84. The second-order valence-electron chi connectivity index (χ2n) is 7.04. The first-order valence-corrected chi connectivity index (χ1v) is 9.83. The molecule has 2 aromatic carbocycles. The molecule has 1 aliphatic heterocycles. The topological polar surface area (TPSA) is 37.8 Å². The van der Waals surface area contributed by atoms with E-state index in [2.05, 4.69) is 41.0 Å². The maximum absolute atomic E-state index is 5.68. The standard InChI is InChI=1S/C23H27N3O2/c1-4-25-12-14-26(15-13-25)23-22-18(6-5-7-21(22)28-3)16-20(24-23)17-8-10-19(27-2)11-9-17/h5-11,16H,4,12-15H2,1-3H3. The molecule has 1 saturated heterocycles. The number of ether oxygens (including phenoxy) is 2. The van der Waals surface area contributed by atoms with Gasteiger partial charge in [-0.25, -0.2) is 4.98 Å². The zero-order valence-electron chi connectivity index (χ0n) is 16.8. The lowest BCUT2D eigenvalue weighted by atomic mass is 10.0. The summed E-state index contributed by atoms with van der Waals surface area (Å²) < 4.78 is 11.0. The summed E-state index contributed by atoms with van der Waals surface area (Å²) in [7, 11) is 3.41. The molecule has 28 heavy (non-hydrogen) atoms. The number of rotatable bonds is 5. The number of anilines is 1.